The van der Waals surface area contributed by atoms with E-state index in [0.717, 1.165) is 0 Å². The fourth-order valence-electron chi connectivity index (χ4n) is 1.54. The molecule has 2 rings (SSSR count). The Morgan fingerprint density at radius 1 is 1.32 bits per heavy atom. The number of rotatable bonds is 4. The third-order valence-corrected chi connectivity index (χ3v) is 2.49. The van der Waals surface area contributed by atoms with Crippen LogP contribution < -0.4 is 14.8 Å². The van der Waals surface area contributed by atoms with Crippen LogP contribution in [0.5, 0.6) is 11.5 Å². The maximum absolute atomic E-state index is 11.9. The summed E-state index contributed by atoms with van der Waals surface area (Å²) in [6.07, 6.45) is 1.39. The predicted molar refractivity (Wildman–Crippen MR) is 68.5 cm³/mol. The summed E-state index contributed by atoms with van der Waals surface area (Å²) in [5.41, 5.74) is 0.777. The highest BCUT2D eigenvalue weighted by Crippen LogP contribution is 2.29. The fourth-order valence-corrected chi connectivity index (χ4v) is 1.54. The van der Waals surface area contributed by atoms with Gasteiger partial charge >= 0.3 is 0 Å². The smallest absolute Gasteiger partial charge is 0.277 e. The highest BCUT2D eigenvalue weighted by molar-refractivity contribution is 6.03. The minimum Gasteiger partial charge on any atom is -0.497 e. The molecule has 7 heteroatoms. The Hall–Kier alpha value is -2.57. The Kier molecular flexibility index (Phi) is 3.65. The normalized spacial score (nSPS) is 10.1. The van der Waals surface area contributed by atoms with Crippen molar-refractivity contribution in [1.82, 2.24) is 15.0 Å². The predicted octanol–water partition coefficient (Wildman–Crippen LogP) is 1.08. The van der Waals surface area contributed by atoms with E-state index in [9.17, 15) is 4.79 Å². The molecule has 0 spiro atoms. The lowest BCUT2D eigenvalue weighted by molar-refractivity contribution is 0.102. The van der Waals surface area contributed by atoms with Crippen molar-refractivity contribution >= 4 is 11.6 Å². The van der Waals surface area contributed by atoms with Crippen molar-refractivity contribution in [2.75, 3.05) is 19.5 Å². The zero-order valence-corrected chi connectivity index (χ0v) is 10.9. The number of carbonyl (C=O) groups is 1. The Morgan fingerprint density at radius 2 is 2.11 bits per heavy atom. The molecular weight excluding hydrogens is 248 g/mol. The summed E-state index contributed by atoms with van der Waals surface area (Å²) < 4.78 is 10.3. The first-order valence-electron chi connectivity index (χ1n) is 5.53. The molecule has 2 aromatic rings. The van der Waals surface area contributed by atoms with Crippen LogP contribution in [-0.2, 0) is 7.05 Å². The molecule has 0 aliphatic carbocycles. The third-order valence-electron chi connectivity index (χ3n) is 2.49. The van der Waals surface area contributed by atoms with Crippen LogP contribution in [0.4, 0.5) is 5.69 Å². The standard InChI is InChI=1S/C12H14N4O3/c1-16-13-7-10(15-16)12(17)14-9-5-4-8(18-2)6-11(9)19-3/h4-7H,1-3H3,(H,14,17). The van der Waals surface area contributed by atoms with Gasteiger partial charge in [-0.3, -0.25) is 4.79 Å². The van der Waals surface area contributed by atoms with Crippen molar-refractivity contribution in [3.05, 3.63) is 30.1 Å². The first kappa shape index (κ1) is 12.9. The van der Waals surface area contributed by atoms with Crippen LogP contribution in [0.3, 0.4) is 0 Å². The van der Waals surface area contributed by atoms with E-state index < -0.39 is 0 Å². The number of nitrogens with zero attached hydrogens (tertiary/aromatic N) is 3. The van der Waals surface area contributed by atoms with Gasteiger partial charge in [-0.25, -0.2) is 0 Å². The van der Waals surface area contributed by atoms with Gasteiger partial charge in [-0.15, -0.1) is 5.10 Å². The number of aromatic nitrogens is 3. The molecule has 0 saturated carbocycles. The number of aryl methyl sites for hydroxylation is 1. The van der Waals surface area contributed by atoms with Crippen LogP contribution >= 0.6 is 0 Å². The molecule has 0 bridgehead atoms. The fraction of sp³-hybridized carbons (Fsp3) is 0.250. The zero-order chi connectivity index (χ0) is 13.8. The molecule has 19 heavy (non-hydrogen) atoms. The van der Waals surface area contributed by atoms with Crippen molar-refractivity contribution in [3.63, 3.8) is 0 Å². The minimum absolute atomic E-state index is 0.236. The number of methoxy groups -OCH3 is 2. The van der Waals surface area contributed by atoms with E-state index in [1.165, 1.54) is 18.1 Å². The van der Waals surface area contributed by atoms with E-state index in [4.69, 9.17) is 9.47 Å². The number of nitrogens with one attached hydrogen (secondary N) is 1. The van der Waals surface area contributed by atoms with Crippen molar-refractivity contribution in [1.29, 1.82) is 0 Å². The molecule has 0 atom stereocenters. The van der Waals surface area contributed by atoms with E-state index in [-0.39, 0.29) is 11.6 Å². The lowest BCUT2D eigenvalue weighted by Crippen LogP contribution is -2.13. The van der Waals surface area contributed by atoms with Crippen molar-refractivity contribution in [2.24, 2.45) is 7.05 Å². The molecule has 1 N–H and O–H groups in total. The van der Waals surface area contributed by atoms with Crippen LogP contribution in [0.1, 0.15) is 10.5 Å². The number of benzene rings is 1. The van der Waals surface area contributed by atoms with Crippen molar-refractivity contribution < 1.29 is 14.3 Å². The second-order valence-electron chi connectivity index (χ2n) is 3.74. The maximum Gasteiger partial charge on any atom is 0.277 e. The highest BCUT2D eigenvalue weighted by atomic mass is 16.5. The molecule has 1 aromatic carbocycles. The molecular formula is C12H14N4O3. The van der Waals surface area contributed by atoms with Crippen molar-refractivity contribution in [3.8, 4) is 11.5 Å². The van der Waals surface area contributed by atoms with Gasteiger partial charge < -0.3 is 14.8 Å². The van der Waals surface area contributed by atoms with Gasteiger partial charge in [-0.05, 0) is 12.1 Å². The second kappa shape index (κ2) is 5.38. The molecule has 1 heterocycles. The summed E-state index contributed by atoms with van der Waals surface area (Å²) in [5.74, 6) is 0.808. The first-order valence-corrected chi connectivity index (χ1v) is 5.53. The third kappa shape index (κ3) is 2.82. The average molecular weight is 262 g/mol. The number of hydrogen-bond acceptors (Lipinski definition) is 5. The lowest BCUT2D eigenvalue weighted by atomic mass is 10.2. The Bertz CT molecular complexity index is 594. The minimum atomic E-state index is -0.350. The number of carbonyl (C=O) groups excluding carboxylic acids is 1. The number of ether oxygens (including phenoxy) is 2. The summed E-state index contributed by atoms with van der Waals surface area (Å²) >= 11 is 0. The molecule has 0 fully saturated rings. The topological polar surface area (TPSA) is 78.3 Å². The monoisotopic (exact) mass is 262 g/mol. The van der Waals surface area contributed by atoms with E-state index in [1.54, 1.807) is 32.4 Å². The van der Waals surface area contributed by atoms with Gasteiger partial charge in [0, 0.05) is 13.1 Å². The van der Waals surface area contributed by atoms with Crippen LogP contribution in [0.2, 0.25) is 0 Å². The summed E-state index contributed by atoms with van der Waals surface area (Å²) in [7, 11) is 4.73. The summed E-state index contributed by atoms with van der Waals surface area (Å²) in [4.78, 5) is 13.3. The Balaban J connectivity index is 2.21. The molecule has 0 saturated heterocycles. The van der Waals surface area contributed by atoms with Gasteiger partial charge in [-0.1, -0.05) is 0 Å². The van der Waals surface area contributed by atoms with Crippen molar-refractivity contribution in [2.45, 2.75) is 0 Å². The van der Waals surface area contributed by atoms with Gasteiger partial charge in [0.05, 0.1) is 26.1 Å². The SMILES string of the molecule is COc1ccc(NC(=O)c2cnn(C)n2)c(OC)c1. The zero-order valence-electron chi connectivity index (χ0n) is 10.9. The lowest BCUT2D eigenvalue weighted by Gasteiger charge is -2.10. The molecule has 0 aliphatic heterocycles. The molecule has 0 unspecified atom stereocenters. The number of amides is 1. The largest absolute Gasteiger partial charge is 0.497 e. The molecule has 1 amide bonds. The Morgan fingerprint density at radius 3 is 2.68 bits per heavy atom. The van der Waals surface area contributed by atoms with Gasteiger partial charge in [0.15, 0.2) is 5.69 Å². The van der Waals surface area contributed by atoms with Gasteiger partial charge in [0.1, 0.15) is 11.5 Å². The molecule has 0 aliphatic rings. The van der Waals surface area contributed by atoms with E-state index in [2.05, 4.69) is 15.5 Å². The number of anilines is 1. The van der Waals surface area contributed by atoms with Gasteiger partial charge in [-0.2, -0.15) is 9.90 Å². The van der Waals surface area contributed by atoms with Gasteiger partial charge in [0.25, 0.3) is 5.91 Å². The molecule has 0 radical (unpaired) electrons. The van der Waals surface area contributed by atoms with Gasteiger partial charge in [0.2, 0.25) is 0 Å². The van der Waals surface area contributed by atoms with Crippen LogP contribution in [-0.4, -0.2) is 35.1 Å². The van der Waals surface area contributed by atoms with E-state index >= 15 is 0 Å². The quantitative estimate of drug-likeness (QED) is 0.892. The van der Waals surface area contributed by atoms with Crippen LogP contribution in [0, 0.1) is 0 Å². The van der Waals surface area contributed by atoms with E-state index in [1.807, 2.05) is 0 Å². The molecule has 1 aromatic heterocycles. The summed E-state index contributed by atoms with van der Waals surface area (Å²) in [6, 6.07) is 5.12. The Labute approximate surface area is 110 Å². The average Bonchev–Trinajstić information content (AvgIpc) is 2.86. The molecule has 7 nitrogen and oxygen atoms in total. The first-order chi connectivity index (χ1) is 9.13. The van der Waals surface area contributed by atoms with Crippen LogP contribution in [0.25, 0.3) is 0 Å². The maximum atomic E-state index is 11.9. The van der Waals surface area contributed by atoms with Crippen LogP contribution in [0.15, 0.2) is 24.4 Å². The molecule has 100 valence electrons. The summed E-state index contributed by atoms with van der Waals surface area (Å²) in [5, 5.41) is 10.5. The second-order valence-corrected chi connectivity index (χ2v) is 3.74. The number of hydrogen-bond donors (Lipinski definition) is 1. The summed E-state index contributed by atoms with van der Waals surface area (Å²) in [6.45, 7) is 0. The van der Waals surface area contributed by atoms with E-state index in [0.29, 0.717) is 17.2 Å². The highest BCUT2D eigenvalue weighted by Gasteiger charge is 2.13.